The summed E-state index contributed by atoms with van der Waals surface area (Å²) >= 11 is 3.44. The highest BCUT2D eigenvalue weighted by Gasteiger charge is 2.04. The van der Waals surface area contributed by atoms with E-state index in [4.69, 9.17) is 4.74 Å². The van der Waals surface area contributed by atoms with Crippen LogP contribution in [0.2, 0.25) is 0 Å². The fraction of sp³-hybridized carbons (Fsp3) is 0.0769. The van der Waals surface area contributed by atoms with E-state index in [1.165, 1.54) is 0 Å². The molecule has 0 saturated carbocycles. The van der Waals surface area contributed by atoms with Crippen molar-refractivity contribution in [1.29, 1.82) is 0 Å². The molecule has 0 amide bonds. The molecule has 84 valence electrons. The first-order chi connectivity index (χ1) is 8.28. The molecule has 0 fully saturated rings. The number of methoxy groups -OCH3 is 1. The number of nitrogens with zero attached hydrogens (tertiary/aromatic N) is 2. The number of rotatable bonds is 1. The maximum absolute atomic E-state index is 5.11. The summed E-state index contributed by atoms with van der Waals surface area (Å²) in [7, 11) is 1.61. The lowest BCUT2D eigenvalue weighted by atomic mass is 10.1. The van der Waals surface area contributed by atoms with Gasteiger partial charge in [-0.3, -0.25) is 4.98 Å². The fourth-order valence-corrected chi connectivity index (χ4v) is 2.22. The van der Waals surface area contributed by atoms with Gasteiger partial charge >= 0.3 is 0 Å². The fourth-order valence-electron chi connectivity index (χ4n) is 1.87. The van der Waals surface area contributed by atoms with Crippen molar-refractivity contribution in [3.05, 3.63) is 41.0 Å². The summed E-state index contributed by atoms with van der Waals surface area (Å²) in [4.78, 5) is 8.77. The molecule has 0 aliphatic heterocycles. The van der Waals surface area contributed by atoms with Gasteiger partial charge in [0.2, 0.25) is 5.88 Å². The van der Waals surface area contributed by atoms with Gasteiger partial charge in [-0.15, -0.1) is 0 Å². The Hall–Kier alpha value is -1.68. The van der Waals surface area contributed by atoms with Crippen LogP contribution in [0, 0.1) is 0 Å². The van der Waals surface area contributed by atoms with Crippen LogP contribution in [-0.4, -0.2) is 17.1 Å². The summed E-state index contributed by atoms with van der Waals surface area (Å²) in [5.41, 5.74) is 1.80. The van der Waals surface area contributed by atoms with E-state index in [9.17, 15) is 0 Å². The number of ether oxygens (including phenoxy) is 1. The van der Waals surface area contributed by atoms with Crippen molar-refractivity contribution in [3.8, 4) is 5.88 Å². The third-order valence-electron chi connectivity index (χ3n) is 2.68. The molecule has 0 atom stereocenters. The van der Waals surface area contributed by atoms with Crippen molar-refractivity contribution in [2.24, 2.45) is 0 Å². The van der Waals surface area contributed by atoms with Gasteiger partial charge in [0.15, 0.2) is 0 Å². The summed E-state index contributed by atoms with van der Waals surface area (Å²) in [5, 5.41) is 2.18. The Morgan fingerprint density at radius 3 is 2.65 bits per heavy atom. The molecule has 0 bridgehead atoms. The first-order valence-electron chi connectivity index (χ1n) is 5.17. The van der Waals surface area contributed by atoms with Crippen molar-refractivity contribution in [1.82, 2.24) is 9.97 Å². The molecule has 0 spiro atoms. The lowest BCUT2D eigenvalue weighted by molar-refractivity contribution is 0.399. The number of aromatic nitrogens is 2. The molecule has 0 saturated heterocycles. The van der Waals surface area contributed by atoms with E-state index in [2.05, 4.69) is 25.9 Å². The Morgan fingerprint density at radius 2 is 1.82 bits per heavy atom. The molecule has 3 rings (SSSR count). The van der Waals surface area contributed by atoms with Crippen LogP contribution in [-0.2, 0) is 0 Å². The first-order valence-corrected chi connectivity index (χ1v) is 5.96. The van der Waals surface area contributed by atoms with Crippen LogP contribution >= 0.6 is 15.9 Å². The summed E-state index contributed by atoms with van der Waals surface area (Å²) in [6.45, 7) is 0. The van der Waals surface area contributed by atoms with Gasteiger partial charge in [0, 0.05) is 21.3 Å². The van der Waals surface area contributed by atoms with Gasteiger partial charge in [0.05, 0.1) is 24.3 Å². The Balaban J connectivity index is 2.40. The minimum absolute atomic E-state index is 0.607. The van der Waals surface area contributed by atoms with Crippen LogP contribution in [0.3, 0.4) is 0 Å². The van der Waals surface area contributed by atoms with Crippen molar-refractivity contribution in [2.45, 2.75) is 0 Å². The molecule has 3 nitrogen and oxygen atoms in total. The van der Waals surface area contributed by atoms with Gasteiger partial charge in [0.25, 0.3) is 0 Å². The van der Waals surface area contributed by atoms with Gasteiger partial charge in [0.1, 0.15) is 0 Å². The van der Waals surface area contributed by atoms with E-state index in [1.807, 2.05) is 30.3 Å². The van der Waals surface area contributed by atoms with Gasteiger partial charge < -0.3 is 4.74 Å². The molecule has 2 aromatic heterocycles. The third-order valence-corrected chi connectivity index (χ3v) is 3.18. The second-order valence-electron chi connectivity index (χ2n) is 3.71. The Bertz CT molecular complexity index is 712. The molecule has 0 N–H and O–H groups in total. The quantitative estimate of drug-likeness (QED) is 0.642. The largest absolute Gasteiger partial charge is 0.481 e. The second kappa shape index (κ2) is 3.96. The molecule has 2 heterocycles. The maximum atomic E-state index is 5.11. The predicted octanol–water partition coefficient (Wildman–Crippen LogP) is 3.55. The molecular weight excluding hydrogens is 280 g/mol. The Kier molecular flexibility index (Phi) is 2.44. The molecule has 17 heavy (non-hydrogen) atoms. The number of pyridine rings is 2. The zero-order chi connectivity index (χ0) is 11.8. The molecular formula is C13H9BrN2O. The van der Waals surface area contributed by atoms with E-state index < -0.39 is 0 Å². The van der Waals surface area contributed by atoms with Gasteiger partial charge in [-0.2, -0.15) is 0 Å². The van der Waals surface area contributed by atoms with E-state index in [-0.39, 0.29) is 0 Å². The standard InChI is InChI=1S/C13H9BrN2O/c1-17-13-5-4-10-9-3-2-8(14)6-11(9)15-7-12(10)16-13/h2-7H,1H3. The molecule has 0 aliphatic carbocycles. The molecule has 4 heteroatoms. The van der Waals surface area contributed by atoms with Crippen LogP contribution in [0.4, 0.5) is 0 Å². The second-order valence-corrected chi connectivity index (χ2v) is 4.62. The van der Waals surface area contributed by atoms with Gasteiger partial charge in [-0.25, -0.2) is 4.98 Å². The van der Waals surface area contributed by atoms with E-state index in [1.54, 1.807) is 13.3 Å². The maximum Gasteiger partial charge on any atom is 0.213 e. The van der Waals surface area contributed by atoms with Crippen LogP contribution in [0.25, 0.3) is 21.8 Å². The Labute approximate surface area is 107 Å². The Morgan fingerprint density at radius 1 is 1.06 bits per heavy atom. The summed E-state index contributed by atoms with van der Waals surface area (Å²) in [6.07, 6.45) is 1.77. The summed E-state index contributed by atoms with van der Waals surface area (Å²) < 4.78 is 6.13. The van der Waals surface area contributed by atoms with E-state index in [0.717, 1.165) is 26.3 Å². The van der Waals surface area contributed by atoms with Gasteiger partial charge in [-0.05, 0) is 18.2 Å². The van der Waals surface area contributed by atoms with Crippen LogP contribution in [0.5, 0.6) is 5.88 Å². The van der Waals surface area contributed by atoms with E-state index in [0.29, 0.717) is 5.88 Å². The number of hydrogen-bond donors (Lipinski definition) is 0. The smallest absolute Gasteiger partial charge is 0.213 e. The van der Waals surface area contributed by atoms with Crippen molar-refractivity contribution in [2.75, 3.05) is 7.11 Å². The number of fused-ring (bicyclic) bond motifs is 3. The highest BCUT2D eigenvalue weighted by molar-refractivity contribution is 9.10. The molecule has 1 aromatic carbocycles. The molecule has 0 aliphatic rings. The zero-order valence-electron chi connectivity index (χ0n) is 9.14. The predicted molar refractivity (Wildman–Crippen MR) is 71.3 cm³/mol. The summed E-state index contributed by atoms with van der Waals surface area (Å²) in [6, 6.07) is 9.93. The lowest BCUT2D eigenvalue weighted by Gasteiger charge is -2.04. The molecule has 3 aromatic rings. The normalized spacial score (nSPS) is 10.9. The minimum Gasteiger partial charge on any atom is -0.481 e. The van der Waals surface area contributed by atoms with Crippen molar-refractivity contribution < 1.29 is 4.74 Å². The molecule has 0 unspecified atom stereocenters. The number of halogens is 1. The molecule has 0 radical (unpaired) electrons. The minimum atomic E-state index is 0.607. The van der Waals surface area contributed by atoms with Crippen molar-refractivity contribution in [3.63, 3.8) is 0 Å². The monoisotopic (exact) mass is 288 g/mol. The average Bonchev–Trinajstić information content (AvgIpc) is 2.37. The average molecular weight is 289 g/mol. The van der Waals surface area contributed by atoms with Crippen LogP contribution in [0.1, 0.15) is 0 Å². The summed E-state index contributed by atoms with van der Waals surface area (Å²) in [5.74, 6) is 0.607. The highest BCUT2D eigenvalue weighted by Crippen LogP contribution is 2.26. The van der Waals surface area contributed by atoms with Gasteiger partial charge in [-0.1, -0.05) is 22.0 Å². The zero-order valence-corrected chi connectivity index (χ0v) is 10.7. The van der Waals surface area contributed by atoms with Crippen LogP contribution < -0.4 is 4.74 Å². The van der Waals surface area contributed by atoms with Crippen molar-refractivity contribution >= 4 is 37.7 Å². The number of benzene rings is 1. The van der Waals surface area contributed by atoms with Crippen LogP contribution in [0.15, 0.2) is 41.0 Å². The highest BCUT2D eigenvalue weighted by atomic mass is 79.9. The lowest BCUT2D eigenvalue weighted by Crippen LogP contribution is -1.89. The number of hydrogen-bond acceptors (Lipinski definition) is 3. The first kappa shape index (κ1) is 10.5. The third kappa shape index (κ3) is 1.74. The van der Waals surface area contributed by atoms with E-state index >= 15 is 0 Å². The topological polar surface area (TPSA) is 35.0 Å². The SMILES string of the molecule is COc1ccc2c(cnc3cc(Br)ccc32)n1.